The molecule has 1 rings (SSSR count). The first kappa shape index (κ1) is 15.1. The molecule has 0 aliphatic heterocycles. The fraction of sp³-hybridized carbons (Fsp3) is 0.571. The first-order valence-corrected chi connectivity index (χ1v) is 6.03. The zero-order valence-electron chi connectivity index (χ0n) is 11.0. The summed E-state index contributed by atoms with van der Waals surface area (Å²) in [6, 6.07) is 7.45. The fourth-order valence-electron chi connectivity index (χ4n) is 1.55. The molecule has 0 aliphatic rings. The van der Waals surface area contributed by atoms with E-state index >= 15 is 0 Å². The van der Waals surface area contributed by atoms with Gasteiger partial charge in [0.2, 0.25) is 0 Å². The number of alkyl halides is 2. The number of aliphatic hydroxyl groups is 1. The minimum atomic E-state index is -2.86. The molecule has 0 amide bonds. The van der Waals surface area contributed by atoms with Crippen molar-refractivity contribution in [3.05, 3.63) is 35.4 Å². The van der Waals surface area contributed by atoms with E-state index in [1.54, 1.807) is 12.1 Å². The van der Waals surface area contributed by atoms with E-state index < -0.39 is 18.6 Å². The second-order valence-electron chi connectivity index (χ2n) is 4.92. The van der Waals surface area contributed by atoms with Crippen LogP contribution in [0.15, 0.2) is 24.3 Å². The average Bonchev–Trinajstić information content (AvgIpc) is 2.27. The number of benzene rings is 1. The van der Waals surface area contributed by atoms with Gasteiger partial charge >= 0.3 is 0 Å². The highest BCUT2D eigenvalue weighted by Gasteiger charge is 2.21. The van der Waals surface area contributed by atoms with Crippen molar-refractivity contribution >= 4 is 0 Å². The second-order valence-corrected chi connectivity index (χ2v) is 4.92. The van der Waals surface area contributed by atoms with Crippen LogP contribution in [0.2, 0.25) is 0 Å². The molecule has 0 heterocycles. The SMILES string of the molecule is CC(C)c1ccc(C(O)COCC(C)(F)F)cc1. The number of ether oxygens (including phenoxy) is 1. The predicted octanol–water partition coefficient (Wildman–Crippen LogP) is 3.52. The van der Waals surface area contributed by atoms with Crippen molar-refractivity contribution in [2.24, 2.45) is 0 Å². The molecule has 2 nitrogen and oxygen atoms in total. The van der Waals surface area contributed by atoms with Gasteiger partial charge in [-0.3, -0.25) is 0 Å². The summed E-state index contributed by atoms with van der Waals surface area (Å²) < 4.78 is 29.8. The molecule has 1 unspecified atom stereocenters. The smallest absolute Gasteiger partial charge is 0.268 e. The molecule has 4 heteroatoms. The molecular formula is C14H20F2O2. The lowest BCUT2D eigenvalue weighted by Gasteiger charge is -2.15. The van der Waals surface area contributed by atoms with Crippen LogP contribution in [0, 0.1) is 0 Å². The number of halogens is 2. The normalized spacial score (nSPS) is 13.9. The van der Waals surface area contributed by atoms with Crippen molar-refractivity contribution in [1.82, 2.24) is 0 Å². The van der Waals surface area contributed by atoms with Crippen LogP contribution < -0.4 is 0 Å². The highest BCUT2D eigenvalue weighted by molar-refractivity contribution is 5.26. The van der Waals surface area contributed by atoms with Crippen LogP contribution in [-0.2, 0) is 4.74 Å². The lowest BCUT2D eigenvalue weighted by Crippen LogP contribution is -2.21. The van der Waals surface area contributed by atoms with Gasteiger partial charge in [0.25, 0.3) is 5.92 Å². The Bertz CT molecular complexity index is 355. The Morgan fingerprint density at radius 3 is 2.11 bits per heavy atom. The highest BCUT2D eigenvalue weighted by Crippen LogP contribution is 2.19. The van der Waals surface area contributed by atoms with Crippen molar-refractivity contribution < 1.29 is 18.6 Å². The first-order chi connectivity index (χ1) is 8.29. The van der Waals surface area contributed by atoms with Gasteiger partial charge in [-0.2, -0.15) is 0 Å². The Kier molecular flexibility index (Phi) is 5.23. The van der Waals surface area contributed by atoms with E-state index in [9.17, 15) is 13.9 Å². The van der Waals surface area contributed by atoms with E-state index in [0.717, 1.165) is 6.92 Å². The molecule has 18 heavy (non-hydrogen) atoms. The Morgan fingerprint density at radius 2 is 1.67 bits per heavy atom. The molecule has 1 aromatic rings. The second kappa shape index (κ2) is 6.25. The Labute approximate surface area is 107 Å². The zero-order valence-corrected chi connectivity index (χ0v) is 11.0. The number of hydrogen-bond acceptors (Lipinski definition) is 2. The van der Waals surface area contributed by atoms with E-state index in [0.29, 0.717) is 11.5 Å². The quantitative estimate of drug-likeness (QED) is 0.846. The molecule has 0 radical (unpaired) electrons. The maximum atomic E-state index is 12.5. The Hall–Kier alpha value is -1.00. The van der Waals surface area contributed by atoms with Gasteiger partial charge in [-0.15, -0.1) is 0 Å². The summed E-state index contributed by atoms with van der Waals surface area (Å²) in [5.74, 6) is -2.44. The molecular weight excluding hydrogens is 238 g/mol. The van der Waals surface area contributed by atoms with Gasteiger partial charge in [-0.25, -0.2) is 8.78 Å². The summed E-state index contributed by atoms with van der Waals surface area (Å²) in [6.07, 6.45) is -0.867. The number of aliphatic hydroxyl groups excluding tert-OH is 1. The summed E-state index contributed by atoms with van der Waals surface area (Å²) in [4.78, 5) is 0. The topological polar surface area (TPSA) is 29.5 Å². The first-order valence-electron chi connectivity index (χ1n) is 6.03. The van der Waals surface area contributed by atoms with Crippen molar-refractivity contribution in [1.29, 1.82) is 0 Å². The molecule has 0 aliphatic carbocycles. The Balaban J connectivity index is 2.49. The summed E-state index contributed by atoms with van der Waals surface area (Å²) in [6.45, 7) is 4.16. The van der Waals surface area contributed by atoms with Crippen LogP contribution in [-0.4, -0.2) is 24.2 Å². The number of rotatable bonds is 6. The van der Waals surface area contributed by atoms with Gasteiger partial charge in [-0.1, -0.05) is 38.1 Å². The minimum absolute atomic E-state index is 0.121. The Morgan fingerprint density at radius 1 is 1.17 bits per heavy atom. The van der Waals surface area contributed by atoms with E-state index in [1.807, 2.05) is 12.1 Å². The third-order valence-electron chi connectivity index (χ3n) is 2.62. The van der Waals surface area contributed by atoms with Gasteiger partial charge in [0.1, 0.15) is 12.7 Å². The molecule has 1 aromatic carbocycles. The third-order valence-corrected chi connectivity index (χ3v) is 2.62. The van der Waals surface area contributed by atoms with E-state index in [-0.39, 0.29) is 6.61 Å². The maximum Gasteiger partial charge on any atom is 0.268 e. The lowest BCUT2D eigenvalue weighted by atomic mass is 10.0. The maximum absolute atomic E-state index is 12.5. The van der Waals surface area contributed by atoms with Crippen molar-refractivity contribution in [2.75, 3.05) is 13.2 Å². The van der Waals surface area contributed by atoms with E-state index in [1.165, 1.54) is 5.56 Å². The largest absolute Gasteiger partial charge is 0.386 e. The van der Waals surface area contributed by atoms with Crippen molar-refractivity contribution in [3.63, 3.8) is 0 Å². The van der Waals surface area contributed by atoms with Crippen LogP contribution in [0.1, 0.15) is 43.9 Å². The fourth-order valence-corrected chi connectivity index (χ4v) is 1.55. The van der Waals surface area contributed by atoms with Gasteiger partial charge in [0.15, 0.2) is 0 Å². The standard InChI is InChI=1S/C14H20F2O2/c1-10(2)11-4-6-12(7-5-11)13(17)8-18-9-14(3,15)16/h4-7,10,13,17H,8-9H2,1-3H3. The van der Waals surface area contributed by atoms with Crippen molar-refractivity contribution in [3.8, 4) is 0 Å². The van der Waals surface area contributed by atoms with Crippen LogP contribution in [0.25, 0.3) is 0 Å². The van der Waals surface area contributed by atoms with Crippen molar-refractivity contribution in [2.45, 2.75) is 38.7 Å². The summed E-state index contributed by atoms with van der Waals surface area (Å²) >= 11 is 0. The van der Waals surface area contributed by atoms with E-state index in [2.05, 4.69) is 13.8 Å². The lowest BCUT2D eigenvalue weighted by molar-refractivity contribution is -0.0795. The molecule has 0 saturated carbocycles. The number of hydrogen-bond donors (Lipinski definition) is 1. The molecule has 1 atom stereocenters. The van der Waals surface area contributed by atoms with Gasteiger partial charge < -0.3 is 9.84 Å². The molecule has 0 fully saturated rings. The minimum Gasteiger partial charge on any atom is -0.386 e. The van der Waals surface area contributed by atoms with Crippen LogP contribution in [0.3, 0.4) is 0 Å². The van der Waals surface area contributed by atoms with Crippen LogP contribution in [0.4, 0.5) is 8.78 Å². The molecule has 0 saturated heterocycles. The van der Waals surface area contributed by atoms with E-state index in [4.69, 9.17) is 4.74 Å². The predicted molar refractivity (Wildman–Crippen MR) is 66.9 cm³/mol. The molecule has 102 valence electrons. The van der Waals surface area contributed by atoms with Gasteiger partial charge in [-0.05, 0) is 17.0 Å². The highest BCUT2D eigenvalue weighted by atomic mass is 19.3. The van der Waals surface area contributed by atoms with Crippen LogP contribution >= 0.6 is 0 Å². The molecule has 0 bridgehead atoms. The third kappa shape index (κ3) is 5.10. The molecule has 0 spiro atoms. The monoisotopic (exact) mass is 258 g/mol. The molecule has 0 aromatic heterocycles. The molecule has 1 N–H and O–H groups in total. The average molecular weight is 258 g/mol. The van der Waals surface area contributed by atoms with Crippen LogP contribution in [0.5, 0.6) is 0 Å². The summed E-state index contributed by atoms with van der Waals surface area (Å²) in [7, 11) is 0. The van der Waals surface area contributed by atoms with Gasteiger partial charge in [0, 0.05) is 6.92 Å². The summed E-state index contributed by atoms with van der Waals surface area (Å²) in [5, 5.41) is 9.78. The van der Waals surface area contributed by atoms with Gasteiger partial charge in [0.05, 0.1) is 6.61 Å². The zero-order chi connectivity index (χ0) is 13.8. The summed E-state index contributed by atoms with van der Waals surface area (Å²) in [5.41, 5.74) is 1.85.